The molecule has 1 fully saturated rings. The first-order valence-electron chi connectivity index (χ1n) is 7.52. The summed E-state index contributed by atoms with van der Waals surface area (Å²) >= 11 is 6.14. The summed E-state index contributed by atoms with van der Waals surface area (Å²) in [5, 5.41) is 20.2. The van der Waals surface area contributed by atoms with Gasteiger partial charge in [0.25, 0.3) is 5.69 Å². The molecule has 0 radical (unpaired) electrons. The molecule has 1 aromatic rings. The number of benzene rings is 1. The van der Waals surface area contributed by atoms with Crippen molar-refractivity contribution in [3.63, 3.8) is 0 Å². The highest BCUT2D eigenvalue weighted by molar-refractivity contribution is 6.31. The minimum absolute atomic E-state index is 0.0143. The Morgan fingerprint density at radius 3 is 3.00 bits per heavy atom. The molecule has 2 rings (SSSR count). The Labute approximate surface area is 144 Å². The zero-order valence-corrected chi connectivity index (χ0v) is 14.1. The molecule has 1 heterocycles. The molecule has 0 amide bonds. The number of likely N-dealkylation sites (N-methyl/N-ethyl adjacent to an activating group) is 1. The van der Waals surface area contributed by atoms with Gasteiger partial charge < -0.3 is 9.84 Å². The number of carboxylic acids is 1. The van der Waals surface area contributed by atoms with Crippen LogP contribution in [0.15, 0.2) is 18.2 Å². The fraction of sp³-hybridized carbons (Fsp3) is 0.533. The predicted molar refractivity (Wildman–Crippen MR) is 88.3 cm³/mol. The second-order valence-corrected chi connectivity index (χ2v) is 6.26. The molecule has 132 valence electrons. The predicted octanol–water partition coefficient (Wildman–Crippen LogP) is 1.47. The molecule has 9 heteroatoms. The maximum absolute atomic E-state index is 10.9. The number of nitro groups is 1. The molecular formula is C15H20ClN3O5. The standard InChI is InChI=1S/C15H20ClN3O5/c1-17(10-15(20)21)8-13-9-18(4-5-24-13)7-11-6-12(19(22)23)2-3-14(11)16/h2-3,6,13H,4-5,7-10H2,1H3,(H,20,21). The number of rotatable bonds is 7. The van der Waals surface area contributed by atoms with E-state index in [1.807, 2.05) is 0 Å². The summed E-state index contributed by atoms with van der Waals surface area (Å²) < 4.78 is 5.67. The van der Waals surface area contributed by atoms with Crippen LogP contribution in [0.3, 0.4) is 0 Å². The minimum Gasteiger partial charge on any atom is -0.480 e. The maximum atomic E-state index is 10.9. The summed E-state index contributed by atoms with van der Waals surface area (Å²) in [7, 11) is 1.73. The normalized spacial score (nSPS) is 18.7. The fourth-order valence-corrected chi connectivity index (χ4v) is 2.89. The van der Waals surface area contributed by atoms with Gasteiger partial charge in [0, 0.05) is 43.3 Å². The van der Waals surface area contributed by atoms with Crippen molar-refractivity contribution in [1.29, 1.82) is 0 Å². The third-order valence-corrected chi connectivity index (χ3v) is 4.15. The fourth-order valence-electron chi connectivity index (χ4n) is 2.71. The Bertz CT molecular complexity index is 613. The number of morpholine rings is 1. The van der Waals surface area contributed by atoms with Crippen LogP contribution in [-0.4, -0.2) is 71.7 Å². The summed E-state index contributed by atoms with van der Waals surface area (Å²) in [5.41, 5.74) is 0.714. The molecule has 0 aromatic heterocycles. The Kier molecular flexibility index (Phi) is 6.50. The number of halogens is 1. The van der Waals surface area contributed by atoms with Crippen LogP contribution in [0, 0.1) is 10.1 Å². The molecule has 0 aliphatic carbocycles. The molecule has 1 N–H and O–H groups in total. The van der Waals surface area contributed by atoms with Gasteiger partial charge >= 0.3 is 5.97 Å². The Morgan fingerprint density at radius 1 is 1.58 bits per heavy atom. The molecule has 24 heavy (non-hydrogen) atoms. The summed E-state index contributed by atoms with van der Waals surface area (Å²) in [4.78, 5) is 25.0. The molecule has 1 unspecified atom stereocenters. The van der Waals surface area contributed by atoms with Crippen molar-refractivity contribution in [3.05, 3.63) is 38.9 Å². The smallest absolute Gasteiger partial charge is 0.317 e. The summed E-state index contributed by atoms with van der Waals surface area (Å²) in [6.45, 7) is 2.78. The van der Waals surface area contributed by atoms with Crippen LogP contribution >= 0.6 is 11.6 Å². The highest BCUT2D eigenvalue weighted by atomic mass is 35.5. The molecule has 1 aliphatic heterocycles. The third kappa shape index (κ3) is 5.41. The van der Waals surface area contributed by atoms with E-state index in [1.54, 1.807) is 11.9 Å². The molecule has 1 saturated heterocycles. The topological polar surface area (TPSA) is 96.2 Å². The largest absolute Gasteiger partial charge is 0.480 e. The van der Waals surface area contributed by atoms with Gasteiger partial charge in [-0.3, -0.25) is 24.7 Å². The number of carbonyl (C=O) groups is 1. The lowest BCUT2D eigenvalue weighted by Gasteiger charge is -2.34. The van der Waals surface area contributed by atoms with Crippen LogP contribution in [0.1, 0.15) is 5.56 Å². The summed E-state index contributed by atoms with van der Waals surface area (Å²) in [6.07, 6.45) is -0.111. The van der Waals surface area contributed by atoms with Crippen LogP contribution in [0.4, 0.5) is 5.69 Å². The van der Waals surface area contributed by atoms with Crippen molar-refractivity contribution >= 4 is 23.3 Å². The molecular weight excluding hydrogens is 338 g/mol. The number of hydrogen-bond acceptors (Lipinski definition) is 6. The van der Waals surface area contributed by atoms with Crippen LogP contribution in [-0.2, 0) is 16.1 Å². The molecule has 1 atom stereocenters. The van der Waals surface area contributed by atoms with Crippen molar-refractivity contribution in [3.8, 4) is 0 Å². The second-order valence-electron chi connectivity index (χ2n) is 5.85. The van der Waals surface area contributed by atoms with Crippen molar-refractivity contribution in [2.75, 3.05) is 39.8 Å². The minimum atomic E-state index is -0.881. The number of nitrogens with zero attached hydrogens (tertiary/aromatic N) is 3. The van der Waals surface area contributed by atoms with Crippen molar-refractivity contribution in [1.82, 2.24) is 9.80 Å². The van der Waals surface area contributed by atoms with E-state index >= 15 is 0 Å². The number of ether oxygens (including phenoxy) is 1. The molecule has 0 saturated carbocycles. The second kappa shape index (κ2) is 8.39. The van der Waals surface area contributed by atoms with Gasteiger partial charge in [0.05, 0.1) is 24.2 Å². The van der Waals surface area contributed by atoms with Gasteiger partial charge in [0.2, 0.25) is 0 Å². The zero-order chi connectivity index (χ0) is 17.7. The van der Waals surface area contributed by atoms with Crippen LogP contribution in [0.2, 0.25) is 5.02 Å². The van der Waals surface area contributed by atoms with E-state index in [1.165, 1.54) is 18.2 Å². The SMILES string of the molecule is CN(CC(=O)O)CC1CN(Cc2cc([N+](=O)[O-])ccc2Cl)CCO1. The number of nitro benzene ring substituents is 1. The quantitative estimate of drug-likeness (QED) is 0.583. The number of hydrogen-bond donors (Lipinski definition) is 1. The first-order chi connectivity index (χ1) is 11.3. The lowest BCUT2D eigenvalue weighted by Crippen LogP contribution is -2.47. The first-order valence-corrected chi connectivity index (χ1v) is 7.90. The van der Waals surface area contributed by atoms with E-state index in [2.05, 4.69) is 4.90 Å². The molecule has 1 aromatic carbocycles. The lowest BCUT2D eigenvalue weighted by molar-refractivity contribution is -0.384. The van der Waals surface area contributed by atoms with E-state index in [-0.39, 0.29) is 18.3 Å². The van der Waals surface area contributed by atoms with Gasteiger partial charge in [-0.15, -0.1) is 0 Å². The summed E-state index contributed by atoms with van der Waals surface area (Å²) in [6, 6.07) is 4.41. The average molecular weight is 358 g/mol. The van der Waals surface area contributed by atoms with Gasteiger partial charge in [-0.1, -0.05) is 11.6 Å². The number of aliphatic carboxylic acids is 1. The first kappa shape index (κ1) is 18.6. The Morgan fingerprint density at radius 2 is 2.33 bits per heavy atom. The van der Waals surface area contributed by atoms with Gasteiger partial charge in [0.15, 0.2) is 0 Å². The molecule has 1 aliphatic rings. The van der Waals surface area contributed by atoms with Crippen molar-refractivity contribution < 1.29 is 19.6 Å². The van der Waals surface area contributed by atoms with Crippen LogP contribution < -0.4 is 0 Å². The van der Waals surface area contributed by atoms with E-state index in [0.717, 1.165) is 0 Å². The van der Waals surface area contributed by atoms with Crippen molar-refractivity contribution in [2.45, 2.75) is 12.6 Å². The van der Waals surface area contributed by atoms with Gasteiger partial charge in [-0.25, -0.2) is 0 Å². The maximum Gasteiger partial charge on any atom is 0.317 e. The van der Waals surface area contributed by atoms with Crippen LogP contribution in [0.5, 0.6) is 0 Å². The molecule has 8 nitrogen and oxygen atoms in total. The van der Waals surface area contributed by atoms with E-state index in [4.69, 9.17) is 21.4 Å². The third-order valence-electron chi connectivity index (χ3n) is 3.78. The lowest BCUT2D eigenvalue weighted by atomic mass is 10.1. The highest BCUT2D eigenvalue weighted by Crippen LogP contribution is 2.24. The Hall–Kier alpha value is -1.74. The molecule has 0 bridgehead atoms. The van der Waals surface area contributed by atoms with Crippen molar-refractivity contribution in [2.24, 2.45) is 0 Å². The van der Waals surface area contributed by atoms with Crippen LogP contribution in [0.25, 0.3) is 0 Å². The highest BCUT2D eigenvalue weighted by Gasteiger charge is 2.23. The van der Waals surface area contributed by atoms with E-state index in [9.17, 15) is 14.9 Å². The Balaban J connectivity index is 1.96. The number of non-ortho nitro benzene ring substituents is 1. The average Bonchev–Trinajstić information content (AvgIpc) is 2.48. The van der Waals surface area contributed by atoms with Gasteiger partial charge in [-0.05, 0) is 18.7 Å². The van der Waals surface area contributed by atoms with E-state index < -0.39 is 10.9 Å². The van der Waals surface area contributed by atoms with E-state index in [0.29, 0.717) is 43.4 Å². The molecule has 0 spiro atoms. The van der Waals surface area contributed by atoms with Gasteiger partial charge in [0.1, 0.15) is 0 Å². The number of carboxylic acid groups (broad SMARTS) is 1. The summed E-state index contributed by atoms with van der Waals surface area (Å²) in [5.74, 6) is -0.881. The van der Waals surface area contributed by atoms with Gasteiger partial charge in [-0.2, -0.15) is 0 Å². The zero-order valence-electron chi connectivity index (χ0n) is 13.4. The monoisotopic (exact) mass is 357 g/mol.